The second-order valence-electron chi connectivity index (χ2n) is 7.67. The molecule has 1 aliphatic rings. The van der Waals surface area contributed by atoms with Gasteiger partial charge in [0.1, 0.15) is 5.75 Å². The Morgan fingerprint density at radius 1 is 1.03 bits per heavy atom. The van der Waals surface area contributed by atoms with E-state index in [9.17, 15) is 4.79 Å². The van der Waals surface area contributed by atoms with Gasteiger partial charge >= 0.3 is 0 Å². The number of hydrogen-bond donors (Lipinski definition) is 3. The summed E-state index contributed by atoms with van der Waals surface area (Å²) in [5.74, 6) is 0.513. The Labute approximate surface area is 187 Å². The van der Waals surface area contributed by atoms with Crippen LogP contribution >= 0.6 is 12.2 Å². The average molecular weight is 432 g/mol. The fourth-order valence-electron chi connectivity index (χ4n) is 4.04. The van der Waals surface area contributed by atoms with E-state index in [0.717, 1.165) is 33.2 Å². The Morgan fingerprint density at radius 2 is 1.81 bits per heavy atom. The van der Waals surface area contributed by atoms with Crippen molar-refractivity contribution in [3.63, 3.8) is 0 Å². The smallest absolute Gasteiger partial charge is 0.255 e. The number of aryl methyl sites for hydroxylation is 1. The van der Waals surface area contributed by atoms with Gasteiger partial charge in [0.15, 0.2) is 5.11 Å². The molecule has 1 aliphatic heterocycles. The monoisotopic (exact) mass is 431 g/mol. The summed E-state index contributed by atoms with van der Waals surface area (Å²) in [6, 6.07) is 17.4. The van der Waals surface area contributed by atoms with Gasteiger partial charge in [0.25, 0.3) is 5.91 Å². The maximum Gasteiger partial charge on any atom is 0.255 e. The third kappa shape index (κ3) is 3.86. The topological polar surface area (TPSA) is 62.4 Å². The third-order valence-corrected chi connectivity index (χ3v) is 6.03. The first-order valence-corrected chi connectivity index (χ1v) is 10.5. The van der Waals surface area contributed by atoms with Crippen LogP contribution in [0.3, 0.4) is 0 Å². The zero-order valence-corrected chi connectivity index (χ0v) is 18.8. The molecule has 3 aromatic rings. The Bertz CT molecular complexity index is 1230. The lowest BCUT2D eigenvalue weighted by molar-refractivity contribution is -0.113. The number of nitrogens with one attached hydrogen (secondary N) is 3. The van der Waals surface area contributed by atoms with E-state index in [2.05, 4.69) is 16.0 Å². The number of carbonyl (C=O) groups is 1. The van der Waals surface area contributed by atoms with Gasteiger partial charge in [-0.2, -0.15) is 0 Å². The predicted octanol–water partition coefficient (Wildman–Crippen LogP) is 4.90. The fourth-order valence-corrected chi connectivity index (χ4v) is 4.31. The maximum atomic E-state index is 13.5. The van der Waals surface area contributed by atoms with Crippen LogP contribution < -0.4 is 20.7 Å². The molecule has 0 saturated heterocycles. The van der Waals surface area contributed by atoms with Crippen molar-refractivity contribution >= 4 is 39.7 Å². The van der Waals surface area contributed by atoms with Gasteiger partial charge < -0.3 is 20.7 Å². The lowest BCUT2D eigenvalue weighted by Crippen LogP contribution is -2.46. The number of amides is 1. The molecule has 5 nitrogen and oxygen atoms in total. The average Bonchev–Trinajstić information content (AvgIpc) is 2.75. The first kappa shape index (κ1) is 20.9. The molecule has 1 heterocycles. The van der Waals surface area contributed by atoms with Gasteiger partial charge in [-0.1, -0.05) is 42.5 Å². The number of fused-ring (bicyclic) bond motifs is 1. The SMILES string of the molecule is COc1ccc2ccccc2c1C1NC(=S)NC(C)=C1C(=O)Nc1cccc(C)c1C. The molecule has 0 fully saturated rings. The molecule has 1 atom stereocenters. The number of thiocarbonyl (C=S) groups is 1. The molecule has 158 valence electrons. The zero-order chi connectivity index (χ0) is 22.1. The van der Waals surface area contributed by atoms with Gasteiger partial charge in [-0.05, 0) is 67.0 Å². The van der Waals surface area contributed by atoms with Crippen molar-refractivity contribution in [2.45, 2.75) is 26.8 Å². The zero-order valence-electron chi connectivity index (χ0n) is 18.0. The molecule has 6 heteroatoms. The highest BCUT2D eigenvalue weighted by molar-refractivity contribution is 7.80. The number of ether oxygens (including phenoxy) is 1. The summed E-state index contributed by atoms with van der Waals surface area (Å²) in [5.41, 5.74) is 5.13. The Kier molecular flexibility index (Phi) is 5.65. The minimum atomic E-state index is -0.458. The van der Waals surface area contributed by atoms with E-state index in [1.807, 2.05) is 75.4 Å². The highest BCUT2D eigenvalue weighted by Crippen LogP contribution is 2.38. The van der Waals surface area contributed by atoms with Gasteiger partial charge in [0.05, 0.1) is 18.7 Å². The number of anilines is 1. The second-order valence-corrected chi connectivity index (χ2v) is 8.08. The molecule has 0 radical (unpaired) electrons. The standard InChI is InChI=1S/C25H25N3O2S/c1-14-8-7-11-19(15(14)2)27-24(29)21-16(3)26-25(31)28-23(21)22-18-10-6-5-9-17(18)12-13-20(22)30-4/h5-13,23H,1-4H3,(H,27,29)(H2,26,28,31). The van der Waals surface area contributed by atoms with E-state index in [1.54, 1.807) is 7.11 Å². The van der Waals surface area contributed by atoms with E-state index < -0.39 is 6.04 Å². The summed E-state index contributed by atoms with van der Waals surface area (Å²) >= 11 is 5.44. The van der Waals surface area contributed by atoms with Crippen LogP contribution in [0, 0.1) is 13.8 Å². The highest BCUT2D eigenvalue weighted by atomic mass is 32.1. The summed E-state index contributed by atoms with van der Waals surface area (Å²) in [5, 5.41) is 12.0. The van der Waals surface area contributed by atoms with Crippen molar-refractivity contribution in [2.24, 2.45) is 0 Å². The second kappa shape index (κ2) is 8.40. The molecule has 1 unspecified atom stereocenters. The van der Waals surface area contributed by atoms with Crippen LogP contribution in [0.1, 0.15) is 29.7 Å². The minimum absolute atomic E-state index is 0.186. The van der Waals surface area contributed by atoms with Crippen LogP contribution in [0.2, 0.25) is 0 Å². The molecule has 0 spiro atoms. The summed E-state index contributed by atoms with van der Waals surface area (Å²) in [7, 11) is 1.64. The predicted molar refractivity (Wildman–Crippen MR) is 129 cm³/mol. The molecular weight excluding hydrogens is 406 g/mol. The van der Waals surface area contributed by atoms with Crippen LogP contribution in [0.25, 0.3) is 10.8 Å². The van der Waals surface area contributed by atoms with Crippen molar-refractivity contribution in [2.75, 3.05) is 12.4 Å². The first-order valence-electron chi connectivity index (χ1n) is 10.1. The van der Waals surface area contributed by atoms with Crippen LogP contribution in [0.5, 0.6) is 5.75 Å². The Morgan fingerprint density at radius 3 is 2.58 bits per heavy atom. The van der Waals surface area contributed by atoms with Crippen molar-refractivity contribution in [1.82, 2.24) is 10.6 Å². The molecule has 3 aromatic carbocycles. The number of allylic oxidation sites excluding steroid dienone is 1. The molecular formula is C25H25N3O2S. The van der Waals surface area contributed by atoms with Crippen LogP contribution in [-0.4, -0.2) is 18.1 Å². The summed E-state index contributed by atoms with van der Waals surface area (Å²) in [4.78, 5) is 13.5. The third-order valence-electron chi connectivity index (χ3n) is 5.81. The maximum absolute atomic E-state index is 13.5. The molecule has 3 N–H and O–H groups in total. The van der Waals surface area contributed by atoms with Crippen molar-refractivity contribution < 1.29 is 9.53 Å². The molecule has 1 amide bonds. The number of benzene rings is 3. The lowest BCUT2D eigenvalue weighted by Gasteiger charge is -2.32. The first-order chi connectivity index (χ1) is 14.9. The molecule has 0 bridgehead atoms. The number of carbonyl (C=O) groups excluding carboxylic acids is 1. The van der Waals surface area contributed by atoms with Crippen molar-refractivity contribution in [3.05, 3.63) is 82.6 Å². The number of hydrogen-bond acceptors (Lipinski definition) is 3. The molecule has 0 aliphatic carbocycles. The van der Waals surface area contributed by atoms with Gasteiger partial charge in [-0.25, -0.2) is 0 Å². The van der Waals surface area contributed by atoms with E-state index in [-0.39, 0.29) is 5.91 Å². The van der Waals surface area contributed by atoms with E-state index in [1.165, 1.54) is 0 Å². The summed E-state index contributed by atoms with van der Waals surface area (Å²) < 4.78 is 5.70. The van der Waals surface area contributed by atoms with E-state index >= 15 is 0 Å². The molecule has 0 saturated carbocycles. The number of rotatable bonds is 4. The van der Waals surface area contributed by atoms with Crippen LogP contribution in [0.15, 0.2) is 65.9 Å². The Balaban J connectivity index is 1.85. The largest absolute Gasteiger partial charge is 0.496 e. The summed E-state index contributed by atoms with van der Waals surface area (Å²) in [6.45, 7) is 5.90. The highest BCUT2D eigenvalue weighted by Gasteiger charge is 2.33. The minimum Gasteiger partial charge on any atom is -0.496 e. The quantitative estimate of drug-likeness (QED) is 0.513. The van der Waals surface area contributed by atoms with Crippen LogP contribution in [0.4, 0.5) is 5.69 Å². The van der Waals surface area contributed by atoms with Crippen LogP contribution in [-0.2, 0) is 4.79 Å². The van der Waals surface area contributed by atoms with Gasteiger partial charge in [0, 0.05) is 16.9 Å². The molecule has 31 heavy (non-hydrogen) atoms. The lowest BCUT2D eigenvalue weighted by atomic mass is 9.90. The van der Waals surface area contributed by atoms with Crippen molar-refractivity contribution in [3.8, 4) is 5.75 Å². The van der Waals surface area contributed by atoms with Gasteiger partial charge in [-0.3, -0.25) is 4.79 Å². The number of methoxy groups -OCH3 is 1. The Hall–Kier alpha value is -3.38. The van der Waals surface area contributed by atoms with Crippen molar-refractivity contribution in [1.29, 1.82) is 0 Å². The molecule has 0 aromatic heterocycles. The van der Waals surface area contributed by atoms with E-state index in [4.69, 9.17) is 17.0 Å². The van der Waals surface area contributed by atoms with Gasteiger partial charge in [-0.15, -0.1) is 0 Å². The summed E-state index contributed by atoms with van der Waals surface area (Å²) in [6.07, 6.45) is 0. The fraction of sp³-hybridized carbons (Fsp3) is 0.200. The molecule has 4 rings (SSSR count). The van der Waals surface area contributed by atoms with E-state index in [0.29, 0.717) is 22.1 Å². The normalized spacial score (nSPS) is 16.0. The van der Waals surface area contributed by atoms with Gasteiger partial charge in [0.2, 0.25) is 0 Å².